The fourth-order valence-corrected chi connectivity index (χ4v) is 2.86. The summed E-state index contributed by atoms with van der Waals surface area (Å²) in [6.07, 6.45) is 5.10. The first-order valence-electron chi connectivity index (χ1n) is 7.94. The van der Waals surface area contributed by atoms with E-state index < -0.39 is 0 Å². The average molecular weight is 276 g/mol. The molecule has 0 spiro atoms. The van der Waals surface area contributed by atoms with E-state index in [1.807, 2.05) is 6.07 Å². The van der Waals surface area contributed by atoms with E-state index in [9.17, 15) is 0 Å². The van der Waals surface area contributed by atoms with Crippen molar-refractivity contribution in [3.8, 4) is 0 Å². The van der Waals surface area contributed by atoms with E-state index in [1.165, 1.54) is 18.4 Å². The largest absolute Gasteiger partial charge is 0.377 e. The Labute approximate surface area is 123 Å². The van der Waals surface area contributed by atoms with Gasteiger partial charge in [0.05, 0.1) is 6.10 Å². The van der Waals surface area contributed by atoms with Gasteiger partial charge in [0.25, 0.3) is 0 Å². The first-order valence-corrected chi connectivity index (χ1v) is 7.94. The third-order valence-corrected chi connectivity index (χ3v) is 4.15. The van der Waals surface area contributed by atoms with E-state index in [-0.39, 0.29) is 6.04 Å². The maximum atomic E-state index is 6.24. The molecule has 2 atom stereocenters. The molecule has 112 valence electrons. The molecule has 2 N–H and O–H groups in total. The Morgan fingerprint density at radius 3 is 2.80 bits per heavy atom. The summed E-state index contributed by atoms with van der Waals surface area (Å²) in [5, 5.41) is 0. The number of ether oxygens (including phenoxy) is 1. The van der Waals surface area contributed by atoms with Crippen LogP contribution in [0.5, 0.6) is 0 Å². The Balaban J connectivity index is 1.68. The van der Waals surface area contributed by atoms with Crippen molar-refractivity contribution in [3.63, 3.8) is 0 Å². The number of nitrogens with two attached hydrogens (primary N) is 1. The van der Waals surface area contributed by atoms with E-state index in [2.05, 4.69) is 36.1 Å². The van der Waals surface area contributed by atoms with Crippen LogP contribution in [-0.2, 0) is 4.74 Å². The number of nitrogens with zero attached hydrogens (tertiary/aromatic N) is 1. The lowest BCUT2D eigenvalue weighted by atomic mass is 10.0. The maximum absolute atomic E-state index is 6.24. The average Bonchev–Trinajstić information content (AvgIpc) is 3.00. The van der Waals surface area contributed by atoms with Crippen LogP contribution in [0.2, 0.25) is 0 Å². The summed E-state index contributed by atoms with van der Waals surface area (Å²) in [4.78, 5) is 2.49. The molecule has 1 aromatic rings. The van der Waals surface area contributed by atoms with Gasteiger partial charge in [-0.05, 0) is 44.3 Å². The normalized spacial score (nSPS) is 20.4. The van der Waals surface area contributed by atoms with Gasteiger partial charge in [-0.15, -0.1) is 0 Å². The lowest BCUT2D eigenvalue weighted by Crippen LogP contribution is -2.33. The Bertz CT molecular complexity index is 363. The molecule has 1 fully saturated rings. The van der Waals surface area contributed by atoms with Gasteiger partial charge in [0.2, 0.25) is 0 Å². The summed E-state index contributed by atoms with van der Waals surface area (Å²) < 4.78 is 5.72. The van der Waals surface area contributed by atoms with Crippen LogP contribution in [0.15, 0.2) is 30.3 Å². The fraction of sp³-hybridized carbons (Fsp3) is 0.647. The standard InChI is InChI=1S/C17H28N2O/c1-2-19(14-16-10-7-13-20-16)12-6-11-17(18)15-8-4-3-5-9-15/h3-5,8-9,16-17H,2,6-7,10-14,18H2,1H3. The van der Waals surface area contributed by atoms with E-state index in [0.717, 1.165) is 39.1 Å². The van der Waals surface area contributed by atoms with Gasteiger partial charge in [0, 0.05) is 19.2 Å². The van der Waals surface area contributed by atoms with E-state index in [4.69, 9.17) is 10.5 Å². The van der Waals surface area contributed by atoms with Crippen LogP contribution in [0.4, 0.5) is 0 Å². The molecule has 20 heavy (non-hydrogen) atoms. The summed E-state index contributed by atoms with van der Waals surface area (Å²) in [6.45, 7) is 6.47. The Morgan fingerprint density at radius 2 is 2.15 bits per heavy atom. The van der Waals surface area contributed by atoms with Crippen molar-refractivity contribution in [3.05, 3.63) is 35.9 Å². The predicted octanol–water partition coefficient (Wildman–Crippen LogP) is 2.97. The summed E-state index contributed by atoms with van der Waals surface area (Å²) >= 11 is 0. The van der Waals surface area contributed by atoms with E-state index in [1.54, 1.807) is 0 Å². The zero-order valence-electron chi connectivity index (χ0n) is 12.6. The van der Waals surface area contributed by atoms with Crippen LogP contribution in [0.25, 0.3) is 0 Å². The SMILES string of the molecule is CCN(CCCC(N)c1ccccc1)CC1CCCO1. The van der Waals surface area contributed by atoms with E-state index >= 15 is 0 Å². The molecule has 0 amide bonds. The third-order valence-electron chi connectivity index (χ3n) is 4.15. The van der Waals surface area contributed by atoms with Crippen LogP contribution < -0.4 is 5.73 Å². The molecular formula is C17H28N2O. The minimum absolute atomic E-state index is 0.164. The molecule has 2 rings (SSSR count). The van der Waals surface area contributed by atoms with Gasteiger partial charge >= 0.3 is 0 Å². The van der Waals surface area contributed by atoms with Gasteiger partial charge in [-0.2, -0.15) is 0 Å². The summed E-state index contributed by atoms with van der Waals surface area (Å²) in [7, 11) is 0. The molecule has 0 radical (unpaired) electrons. The molecule has 3 nitrogen and oxygen atoms in total. The summed E-state index contributed by atoms with van der Waals surface area (Å²) in [5.74, 6) is 0. The molecule has 1 aliphatic rings. The minimum atomic E-state index is 0.164. The highest BCUT2D eigenvalue weighted by Crippen LogP contribution is 2.17. The van der Waals surface area contributed by atoms with Gasteiger partial charge in [-0.3, -0.25) is 0 Å². The second kappa shape index (κ2) is 8.40. The number of hydrogen-bond donors (Lipinski definition) is 1. The highest BCUT2D eigenvalue weighted by Gasteiger charge is 2.18. The lowest BCUT2D eigenvalue weighted by Gasteiger charge is -2.24. The van der Waals surface area contributed by atoms with Crippen LogP contribution in [0.3, 0.4) is 0 Å². The molecule has 0 bridgehead atoms. The van der Waals surface area contributed by atoms with Crippen LogP contribution in [0.1, 0.15) is 44.2 Å². The maximum Gasteiger partial charge on any atom is 0.0702 e. The highest BCUT2D eigenvalue weighted by atomic mass is 16.5. The molecule has 1 heterocycles. The molecule has 1 aromatic carbocycles. The van der Waals surface area contributed by atoms with Crippen molar-refractivity contribution in [1.82, 2.24) is 4.90 Å². The Kier molecular flexibility index (Phi) is 6.51. The van der Waals surface area contributed by atoms with Gasteiger partial charge in [-0.1, -0.05) is 37.3 Å². The highest BCUT2D eigenvalue weighted by molar-refractivity contribution is 5.18. The number of rotatable bonds is 8. The lowest BCUT2D eigenvalue weighted by molar-refractivity contribution is 0.0741. The molecule has 1 saturated heterocycles. The van der Waals surface area contributed by atoms with Gasteiger partial charge in [0.1, 0.15) is 0 Å². The van der Waals surface area contributed by atoms with Crippen LogP contribution in [0, 0.1) is 0 Å². The first kappa shape index (κ1) is 15.5. The second-order valence-corrected chi connectivity index (χ2v) is 5.69. The third kappa shape index (κ3) is 4.89. The number of hydrogen-bond acceptors (Lipinski definition) is 3. The first-order chi connectivity index (χ1) is 9.79. The summed E-state index contributed by atoms with van der Waals surface area (Å²) in [6, 6.07) is 10.6. The molecule has 0 aromatic heterocycles. The molecule has 0 aliphatic carbocycles. The van der Waals surface area contributed by atoms with Crippen molar-refractivity contribution in [2.75, 3.05) is 26.2 Å². The minimum Gasteiger partial charge on any atom is -0.377 e. The van der Waals surface area contributed by atoms with Crippen molar-refractivity contribution < 1.29 is 4.74 Å². The zero-order chi connectivity index (χ0) is 14.2. The van der Waals surface area contributed by atoms with Crippen molar-refractivity contribution in [2.24, 2.45) is 5.73 Å². The molecular weight excluding hydrogens is 248 g/mol. The number of likely N-dealkylation sites (N-methyl/N-ethyl adjacent to an activating group) is 1. The van der Waals surface area contributed by atoms with E-state index in [0.29, 0.717) is 6.10 Å². The van der Waals surface area contributed by atoms with Gasteiger partial charge in [0.15, 0.2) is 0 Å². The quantitative estimate of drug-likeness (QED) is 0.793. The fourth-order valence-electron chi connectivity index (χ4n) is 2.86. The molecule has 0 saturated carbocycles. The Morgan fingerprint density at radius 1 is 1.35 bits per heavy atom. The number of benzene rings is 1. The summed E-state index contributed by atoms with van der Waals surface area (Å²) in [5.41, 5.74) is 7.49. The van der Waals surface area contributed by atoms with Crippen LogP contribution in [-0.4, -0.2) is 37.2 Å². The van der Waals surface area contributed by atoms with Gasteiger partial charge in [-0.25, -0.2) is 0 Å². The molecule has 1 aliphatic heterocycles. The van der Waals surface area contributed by atoms with Crippen molar-refractivity contribution in [1.29, 1.82) is 0 Å². The van der Waals surface area contributed by atoms with Crippen LogP contribution >= 0.6 is 0 Å². The molecule has 3 heteroatoms. The van der Waals surface area contributed by atoms with Gasteiger partial charge < -0.3 is 15.4 Å². The monoisotopic (exact) mass is 276 g/mol. The predicted molar refractivity (Wildman–Crippen MR) is 83.7 cm³/mol. The van der Waals surface area contributed by atoms with Crippen molar-refractivity contribution in [2.45, 2.75) is 44.8 Å². The smallest absolute Gasteiger partial charge is 0.0702 e. The Hall–Kier alpha value is -0.900. The topological polar surface area (TPSA) is 38.5 Å². The second-order valence-electron chi connectivity index (χ2n) is 5.69. The molecule has 2 unspecified atom stereocenters. The van der Waals surface area contributed by atoms with Crippen molar-refractivity contribution >= 4 is 0 Å². The zero-order valence-corrected chi connectivity index (χ0v) is 12.6.